The zero-order chi connectivity index (χ0) is 18.0. The Morgan fingerprint density at radius 3 is 1.43 bits per heavy atom. The average molecular weight is 408 g/mol. The van der Waals surface area contributed by atoms with Crippen LogP contribution in [0.4, 0.5) is 0 Å². The Kier molecular flexibility index (Phi) is 21.5. The van der Waals surface area contributed by atoms with Gasteiger partial charge in [-0.1, -0.05) is 93.1 Å². The highest BCUT2D eigenvalue weighted by molar-refractivity contribution is 6.60. The van der Waals surface area contributed by atoms with Crippen molar-refractivity contribution in [1.82, 2.24) is 0 Å². The fourth-order valence-electron chi connectivity index (χ4n) is 2.21. The number of halogens is 3. The smallest absolute Gasteiger partial charge is 0.377 e. The second-order valence-electron chi connectivity index (χ2n) is 5.27. The van der Waals surface area contributed by atoms with Crippen LogP contribution in [0.3, 0.4) is 0 Å². The summed E-state index contributed by atoms with van der Waals surface area (Å²) in [6.07, 6.45) is 12.0. The number of hydrogen-bond donors (Lipinski definition) is 0. The van der Waals surface area contributed by atoms with E-state index in [0.717, 1.165) is 18.0 Å². The first-order chi connectivity index (χ1) is 11.0. The summed E-state index contributed by atoms with van der Waals surface area (Å²) < 4.78 is 16.3. The third-order valence-electron chi connectivity index (χ3n) is 3.60. The van der Waals surface area contributed by atoms with Crippen molar-refractivity contribution in [3.8, 4) is 0 Å². The lowest BCUT2D eigenvalue weighted by Gasteiger charge is -2.24. The summed E-state index contributed by atoms with van der Waals surface area (Å²) in [5, 5.41) is 0. The van der Waals surface area contributed by atoms with Gasteiger partial charge in [0.05, 0.1) is 0 Å². The molecule has 0 radical (unpaired) electrons. The first kappa shape index (κ1) is 25.9. The number of hydrogen-bond acceptors (Lipinski definition) is 3. The van der Waals surface area contributed by atoms with E-state index in [2.05, 4.69) is 6.92 Å². The molecule has 0 unspecified atom stereocenters. The van der Waals surface area contributed by atoms with Gasteiger partial charge < -0.3 is 13.3 Å². The molecule has 0 aromatic heterocycles. The maximum Gasteiger partial charge on any atom is 0.500 e. The van der Waals surface area contributed by atoms with Crippen LogP contribution >= 0.6 is 34.8 Å². The van der Waals surface area contributed by atoms with Crippen LogP contribution in [0.1, 0.15) is 64.7 Å². The van der Waals surface area contributed by atoms with Crippen LogP contribution in [0.2, 0.25) is 6.04 Å². The van der Waals surface area contributed by atoms with Crippen molar-refractivity contribution < 1.29 is 13.3 Å². The zero-order valence-corrected chi connectivity index (χ0v) is 18.3. The van der Waals surface area contributed by atoms with Gasteiger partial charge in [0.15, 0.2) is 0 Å². The van der Waals surface area contributed by atoms with Gasteiger partial charge in [-0.2, -0.15) is 0 Å². The van der Waals surface area contributed by atoms with Crippen LogP contribution in [0.15, 0.2) is 10.0 Å². The molecule has 0 aromatic rings. The molecule has 0 aromatic carbocycles. The lowest BCUT2D eigenvalue weighted by atomic mass is 10.1. The van der Waals surface area contributed by atoms with Gasteiger partial charge in [-0.15, -0.1) is 0 Å². The van der Waals surface area contributed by atoms with Gasteiger partial charge in [0, 0.05) is 32.9 Å². The van der Waals surface area contributed by atoms with Crippen LogP contribution in [0.25, 0.3) is 0 Å². The maximum atomic E-state index is 5.40. The summed E-state index contributed by atoms with van der Waals surface area (Å²) in [5.74, 6) is 0. The fourth-order valence-corrected chi connectivity index (χ4v) is 4.00. The van der Waals surface area contributed by atoms with Crippen LogP contribution in [0.5, 0.6) is 0 Å². The largest absolute Gasteiger partial charge is 0.500 e. The number of unbranched alkanes of at least 4 members (excludes halogenated alkanes) is 8. The van der Waals surface area contributed by atoms with E-state index in [1.165, 1.54) is 51.4 Å². The molecule has 0 atom stereocenters. The van der Waals surface area contributed by atoms with Crippen molar-refractivity contribution in [2.24, 2.45) is 0 Å². The predicted molar refractivity (Wildman–Crippen MR) is 104 cm³/mol. The van der Waals surface area contributed by atoms with Gasteiger partial charge in [0.25, 0.3) is 0 Å². The Balaban J connectivity index is 0. The van der Waals surface area contributed by atoms with E-state index < -0.39 is 8.80 Å². The maximum absolute atomic E-state index is 5.40. The minimum atomic E-state index is -2.30. The van der Waals surface area contributed by atoms with E-state index in [0.29, 0.717) is 0 Å². The molecular formula is C16H33Cl3O3Si. The highest BCUT2D eigenvalue weighted by Gasteiger charge is 2.36. The van der Waals surface area contributed by atoms with E-state index in [1.54, 1.807) is 21.3 Å². The molecule has 0 aliphatic heterocycles. The summed E-state index contributed by atoms with van der Waals surface area (Å²) in [6.45, 7) is 2.26. The standard InChI is InChI=1S/C14H32O3Si.C2HCl3/c1-5-6-7-8-9-10-11-12-13-14-18(15-2,16-3)17-4;3-1-2(4)5/h5-14H2,1-4H3;1H. The topological polar surface area (TPSA) is 27.7 Å². The normalized spacial score (nSPS) is 10.9. The van der Waals surface area contributed by atoms with Gasteiger partial charge in [-0.25, -0.2) is 0 Å². The molecule has 0 fully saturated rings. The summed E-state index contributed by atoms with van der Waals surface area (Å²) in [7, 11) is 2.76. The minimum absolute atomic E-state index is 0.0895. The molecule has 0 aliphatic rings. The Labute approximate surface area is 159 Å². The van der Waals surface area contributed by atoms with Gasteiger partial charge in [0.2, 0.25) is 0 Å². The molecule has 140 valence electrons. The first-order valence-corrected chi connectivity index (χ1v) is 11.4. The molecule has 3 nitrogen and oxygen atoms in total. The molecule has 23 heavy (non-hydrogen) atoms. The highest BCUT2D eigenvalue weighted by atomic mass is 35.5. The van der Waals surface area contributed by atoms with Crippen LogP contribution in [-0.2, 0) is 13.3 Å². The lowest BCUT2D eigenvalue weighted by Crippen LogP contribution is -2.42. The van der Waals surface area contributed by atoms with E-state index in [-0.39, 0.29) is 4.49 Å². The molecule has 0 spiro atoms. The molecule has 0 amide bonds. The number of rotatable bonds is 13. The first-order valence-electron chi connectivity index (χ1n) is 8.28. The highest BCUT2D eigenvalue weighted by Crippen LogP contribution is 2.18. The monoisotopic (exact) mass is 406 g/mol. The quantitative estimate of drug-likeness (QED) is 0.245. The van der Waals surface area contributed by atoms with Crippen LogP contribution in [0, 0.1) is 0 Å². The molecular weight excluding hydrogens is 375 g/mol. The Hall–Kier alpha value is 0.707. The molecule has 0 saturated carbocycles. The van der Waals surface area contributed by atoms with Crippen molar-refractivity contribution in [2.45, 2.75) is 70.8 Å². The second kappa shape index (κ2) is 19.0. The Morgan fingerprint density at radius 2 is 1.13 bits per heavy atom. The molecule has 0 rings (SSSR count). The van der Waals surface area contributed by atoms with Crippen molar-refractivity contribution in [3.63, 3.8) is 0 Å². The van der Waals surface area contributed by atoms with E-state index in [1.807, 2.05) is 0 Å². The Bertz CT molecular complexity index is 263. The molecule has 0 bridgehead atoms. The predicted octanol–water partition coefficient (Wildman–Crippen LogP) is 6.90. The van der Waals surface area contributed by atoms with Crippen LogP contribution < -0.4 is 0 Å². The van der Waals surface area contributed by atoms with E-state index in [9.17, 15) is 0 Å². The fraction of sp³-hybridized carbons (Fsp3) is 0.875. The van der Waals surface area contributed by atoms with Crippen molar-refractivity contribution in [3.05, 3.63) is 10.0 Å². The van der Waals surface area contributed by atoms with Gasteiger partial charge in [-0.3, -0.25) is 0 Å². The van der Waals surface area contributed by atoms with Gasteiger partial charge in [-0.05, 0) is 6.42 Å². The summed E-state index contributed by atoms with van der Waals surface area (Å²) in [4.78, 5) is 0. The van der Waals surface area contributed by atoms with Crippen LogP contribution in [-0.4, -0.2) is 30.1 Å². The Morgan fingerprint density at radius 1 is 0.783 bits per heavy atom. The molecule has 0 heterocycles. The minimum Gasteiger partial charge on any atom is -0.377 e. The summed E-state index contributed by atoms with van der Waals surface area (Å²) >= 11 is 14.8. The van der Waals surface area contributed by atoms with E-state index in [4.69, 9.17) is 48.1 Å². The summed E-state index contributed by atoms with van der Waals surface area (Å²) in [6, 6.07) is 0.937. The third kappa shape index (κ3) is 17.3. The molecule has 7 heteroatoms. The molecule has 0 saturated heterocycles. The van der Waals surface area contributed by atoms with Crippen molar-refractivity contribution in [2.75, 3.05) is 21.3 Å². The zero-order valence-electron chi connectivity index (χ0n) is 15.0. The molecule has 0 N–H and O–H groups in total. The molecule has 0 aliphatic carbocycles. The summed E-state index contributed by atoms with van der Waals surface area (Å²) in [5.41, 5.74) is 1.09. The van der Waals surface area contributed by atoms with Crippen molar-refractivity contribution in [1.29, 1.82) is 0 Å². The van der Waals surface area contributed by atoms with E-state index >= 15 is 0 Å². The lowest BCUT2D eigenvalue weighted by molar-refractivity contribution is 0.122. The van der Waals surface area contributed by atoms with Crippen molar-refractivity contribution >= 4 is 43.6 Å². The van der Waals surface area contributed by atoms with Gasteiger partial charge in [0.1, 0.15) is 4.49 Å². The van der Waals surface area contributed by atoms with Gasteiger partial charge >= 0.3 is 8.80 Å². The third-order valence-corrected chi connectivity index (χ3v) is 7.09. The SMILES string of the molecule is CCCCCCCCCCC[Si](OC)(OC)OC.ClC=C(Cl)Cl. The second-order valence-corrected chi connectivity index (χ2v) is 9.59. The average Bonchev–Trinajstić information content (AvgIpc) is 2.58.